The Labute approximate surface area is 164 Å². The molecular weight excluding hydrogens is 368 g/mol. The first-order chi connectivity index (χ1) is 13.6. The van der Waals surface area contributed by atoms with Crippen LogP contribution in [0.2, 0.25) is 0 Å². The number of benzene rings is 1. The highest BCUT2D eigenvalue weighted by Crippen LogP contribution is 2.34. The van der Waals surface area contributed by atoms with Crippen LogP contribution in [0.1, 0.15) is 45.1 Å². The lowest BCUT2D eigenvalue weighted by molar-refractivity contribution is -0.0505. The summed E-state index contributed by atoms with van der Waals surface area (Å²) in [5, 5.41) is 6.63. The Kier molecular flexibility index (Phi) is 7.30. The number of ether oxygens (including phenoxy) is 3. The number of nitrogens with zero attached hydrogens (tertiary/aromatic N) is 1. The molecule has 0 amide bonds. The zero-order valence-corrected chi connectivity index (χ0v) is 16.4. The molecule has 1 aromatic carbocycles. The van der Waals surface area contributed by atoms with Crippen molar-refractivity contribution in [3.05, 3.63) is 23.8 Å². The largest absolute Gasteiger partial charge is 0.493 e. The van der Waals surface area contributed by atoms with Crippen LogP contribution in [0.3, 0.4) is 0 Å². The van der Waals surface area contributed by atoms with Gasteiger partial charge in [0.05, 0.1) is 31.4 Å². The third-order valence-corrected chi connectivity index (χ3v) is 4.91. The van der Waals surface area contributed by atoms with Crippen molar-refractivity contribution in [2.45, 2.75) is 70.9 Å². The molecule has 2 aliphatic heterocycles. The maximum Gasteiger partial charge on any atom is 0.387 e. The Morgan fingerprint density at radius 1 is 1.32 bits per heavy atom. The van der Waals surface area contributed by atoms with Gasteiger partial charge in [0.2, 0.25) is 0 Å². The van der Waals surface area contributed by atoms with E-state index in [2.05, 4.69) is 20.4 Å². The van der Waals surface area contributed by atoms with Gasteiger partial charge in [0.15, 0.2) is 5.96 Å². The minimum atomic E-state index is -2.90. The summed E-state index contributed by atoms with van der Waals surface area (Å²) >= 11 is 0. The lowest BCUT2D eigenvalue weighted by Crippen LogP contribution is -2.47. The van der Waals surface area contributed by atoms with E-state index in [1.54, 1.807) is 12.1 Å². The maximum atomic E-state index is 12.8. The first-order valence-electron chi connectivity index (χ1n) is 9.99. The monoisotopic (exact) mass is 397 g/mol. The lowest BCUT2D eigenvalue weighted by atomic mass is 9.96. The van der Waals surface area contributed by atoms with Crippen LogP contribution < -0.4 is 20.1 Å². The second kappa shape index (κ2) is 9.91. The van der Waals surface area contributed by atoms with Gasteiger partial charge in [0.25, 0.3) is 0 Å². The van der Waals surface area contributed by atoms with Gasteiger partial charge in [-0.3, -0.25) is 0 Å². The first-order valence-corrected chi connectivity index (χ1v) is 9.99. The normalized spacial score (nSPS) is 23.9. The van der Waals surface area contributed by atoms with Crippen molar-refractivity contribution in [2.24, 2.45) is 4.99 Å². The molecular formula is C20H29F2N3O3. The molecule has 2 N–H and O–H groups in total. The molecule has 2 bridgehead atoms. The number of halogens is 2. The number of guanidine groups is 1. The van der Waals surface area contributed by atoms with E-state index < -0.39 is 6.61 Å². The zero-order valence-electron chi connectivity index (χ0n) is 16.4. The average molecular weight is 397 g/mol. The van der Waals surface area contributed by atoms with Crippen molar-refractivity contribution >= 4 is 5.96 Å². The highest BCUT2D eigenvalue weighted by atomic mass is 19.3. The van der Waals surface area contributed by atoms with Crippen molar-refractivity contribution in [3.8, 4) is 11.5 Å². The van der Waals surface area contributed by atoms with E-state index in [0.29, 0.717) is 36.5 Å². The maximum absolute atomic E-state index is 12.8. The Morgan fingerprint density at radius 2 is 2.18 bits per heavy atom. The second-order valence-electron chi connectivity index (χ2n) is 7.05. The fraction of sp³-hybridized carbons (Fsp3) is 0.650. The molecule has 3 rings (SSSR count). The Balaban J connectivity index is 1.69. The minimum absolute atomic E-state index is 0.0893. The molecule has 28 heavy (non-hydrogen) atoms. The van der Waals surface area contributed by atoms with Gasteiger partial charge < -0.3 is 24.8 Å². The number of aliphatic imine (C=N–C) groups is 1. The number of rotatable bonds is 9. The molecule has 0 spiro atoms. The van der Waals surface area contributed by atoms with E-state index >= 15 is 0 Å². The van der Waals surface area contributed by atoms with Gasteiger partial charge in [-0.15, -0.1) is 0 Å². The van der Waals surface area contributed by atoms with Gasteiger partial charge in [0.1, 0.15) is 11.5 Å². The highest BCUT2D eigenvalue weighted by molar-refractivity contribution is 5.80. The predicted octanol–water partition coefficient (Wildman–Crippen LogP) is 3.45. The summed E-state index contributed by atoms with van der Waals surface area (Å²) in [6, 6.07) is 5.20. The molecule has 0 radical (unpaired) electrons. The van der Waals surface area contributed by atoms with Gasteiger partial charge in [-0.05, 0) is 44.7 Å². The van der Waals surface area contributed by atoms with E-state index in [1.807, 2.05) is 13.8 Å². The topological polar surface area (TPSA) is 64.1 Å². The van der Waals surface area contributed by atoms with Crippen molar-refractivity contribution in [3.63, 3.8) is 0 Å². The fourth-order valence-corrected chi connectivity index (χ4v) is 3.63. The molecule has 2 aliphatic rings. The summed E-state index contributed by atoms with van der Waals surface area (Å²) in [7, 11) is 0. The molecule has 8 heteroatoms. The van der Waals surface area contributed by atoms with Gasteiger partial charge in [0, 0.05) is 18.2 Å². The molecule has 6 nitrogen and oxygen atoms in total. The van der Waals surface area contributed by atoms with Crippen LogP contribution in [-0.2, 0) is 11.3 Å². The predicted molar refractivity (Wildman–Crippen MR) is 103 cm³/mol. The van der Waals surface area contributed by atoms with Gasteiger partial charge in [-0.1, -0.05) is 6.92 Å². The number of hydrogen-bond acceptors (Lipinski definition) is 4. The third-order valence-electron chi connectivity index (χ3n) is 4.91. The van der Waals surface area contributed by atoms with E-state index in [1.165, 1.54) is 6.07 Å². The average Bonchev–Trinajstić information content (AvgIpc) is 3.28. The summed E-state index contributed by atoms with van der Waals surface area (Å²) in [6.07, 6.45) is 4.55. The second-order valence-corrected chi connectivity index (χ2v) is 7.05. The SMILES string of the molecule is CCCOc1ccc(CN=C(NCC)NC2CC3CCC2O3)c(OC(F)F)c1. The quantitative estimate of drug-likeness (QED) is 0.494. The zero-order chi connectivity index (χ0) is 19.9. The van der Waals surface area contributed by atoms with Crippen LogP contribution in [0, 0.1) is 0 Å². The Bertz CT molecular complexity index is 672. The molecule has 0 saturated carbocycles. The van der Waals surface area contributed by atoms with Crippen LogP contribution >= 0.6 is 0 Å². The van der Waals surface area contributed by atoms with Crippen LogP contribution in [0.5, 0.6) is 11.5 Å². The van der Waals surface area contributed by atoms with E-state index in [-0.39, 0.29) is 24.4 Å². The van der Waals surface area contributed by atoms with Gasteiger partial charge >= 0.3 is 6.61 Å². The number of nitrogens with one attached hydrogen (secondary N) is 2. The number of hydrogen-bond donors (Lipinski definition) is 2. The molecule has 2 fully saturated rings. The van der Waals surface area contributed by atoms with Crippen molar-refractivity contribution < 1.29 is 23.0 Å². The Morgan fingerprint density at radius 3 is 2.82 bits per heavy atom. The Hall–Kier alpha value is -2.09. The van der Waals surface area contributed by atoms with Crippen LogP contribution in [-0.4, -0.2) is 44.0 Å². The van der Waals surface area contributed by atoms with E-state index in [4.69, 9.17) is 9.47 Å². The molecule has 0 aliphatic carbocycles. The summed E-state index contributed by atoms with van der Waals surface area (Å²) in [5.74, 6) is 1.25. The summed E-state index contributed by atoms with van der Waals surface area (Å²) in [5.41, 5.74) is 0.575. The highest BCUT2D eigenvalue weighted by Gasteiger charge is 2.41. The standard InChI is InChI=1S/C20H29F2N3O3/c1-3-9-26-14-6-5-13(18(11-14)28-19(21)22)12-24-20(23-4-2)25-16-10-15-7-8-17(16)27-15/h5-6,11,15-17,19H,3-4,7-10,12H2,1-2H3,(H2,23,24,25). The van der Waals surface area contributed by atoms with Crippen molar-refractivity contribution in [2.75, 3.05) is 13.2 Å². The molecule has 0 aromatic heterocycles. The van der Waals surface area contributed by atoms with Gasteiger partial charge in [-0.25, -0.2) is 4.99 Å². The summed E-state index contributed by atoms with van der Waals surface area (Å²) in [4.78, 5) is 4.56. The minimum Gasteiger partial charge on any atom is -0.493 e. The van der Waals surface area contributed by atoms with Crippen LogP contribution in [0.25, 0.3) is 0 Å². The van der Waals surface area contributed by atoms with Crippen molar-refractivity contribution in [1.29, 1.82) is 0 Å². The molecule has 3 atom stereocenters. The molecule has 2 saturated heterocycles. The smallest absolute Gasteiger partial charge is 0.387 e. The molecule has 156 valence electrons. The van der Waals surface area contributed by atoms with Crippen LogP contribution in [0.4, 0.5) is 8.78 Å². The molecule has 1 aromatic rings. The molecule has 2 heterocycles. The first kappa shape index (κ1) is 20.6. The van der Waals surface area contributed by atoms with Gasteiger partial charge in [-0.2, -0.15) is 8.78 Å². The number of fused-ring (bicyclic) bond motifs is 2. The van der Waals surface area contributed by atoms with Crippen LogP contribution in [0.15, 0.2) is 23.2 Å². The van der Waals surface area contributed by atoms with E-state index in [0.717, 1.165) is 25.7 Å². The summed E-state index contributed by atoms with van der Waals surface area (Å²) < 4.78 is 41.7. The summed E-state index contributed by atoms with van der Waals surface area (Å²) in [6.45, 7) is 2.51. The molecule has 3 unspecified atom stereocenters. The fourth-order valence-electron chi connectivity index (χ4n) is 3.63. The van der Waals surface area contributed by atoms with E-state index in [9.17, 15) is 8.78 Å². The lowest BCUT2D eigenvalue weighted by Gasteiger charge is -2.22. The third kappa shape index (κ3) is 5.47. The number of alkyl halides is 2. The van der Waals surface area contributed by atoms with Crippen molar-refractivity contribution in [1.82, 2.24) is 10.6 Å².